The van der Waals surface area contributed by atoms with E-state index in [-0.39, 0.29) is 11.9 Å². The summed E-state index contributed by atoms with van der Waals surface area (Å²) in [6, 6.07) is 9.48. The fourth-order valence-corrected chi connectivity index (χ4v) is 2.67. The van der Waals surface area contributed by atoms with Crippen molar-refractivity contribution in [2.75, 3.05) is 5.32 Å². The van der Waals surface area contributed by atoms with Gasteiger partial charge in [-0.25, -0.2) is 4.39 Å². The fraction of sp³-hybridized carbons (Fsp3) is 0.312. The first-order valence-corrected chi connectivity index (χ1v) is 6.70. The smallest absolute Gasteiger partial charge is 0.146 e. The molecule has 0 saturated carbocycles. The van der Waals surface area contributed by atoms with Gasteiger partial charge < -0.3 is 5.32 Å². The molecule has 1 atom stereocenters. The van der Waals surface area contributed by atoms with E-state index in [2.05, 4.69) is 16.4 Å². The summed E-state index contributed by atoms with van der Waals surface area (Å²) in [6.45, 7) is 1.89. The van der Waals surface area contributed by atoms with Gasteiger partial charge in [-0.1, -0.05) is 12.1 Å². The van der Waals surface area contributed by atoms with Crippen molar-refractivity contribution in [2.45, 2.75) is 32.2 Å². The lowest BCUT2D eigenvalue weighted by atomic mass is 9.91. The highest BCUT2D eigenvalue weighted by Gasteiger charge is 2.21. The van der Waals surface area contributed by atoms with Gasteiger partial charge >= 0.3 is 0 Å². The van der Waals surface area contributed by atoms with E-state index in [1.165, 1.54) is 5.56 Å². The van der Waals surface area contributed by atoms with Crippen LogP contribution >= 0.6 is 0 Å². The number of benzene rings is 1. The van der Waals surface area contributed by atoms with Gasteiger partial charge in [0.05, 0.1) is 17.4 Å². The zero-order chi connectivity index (χ0) is 13.2. The highest BCUT2D eigenvalue weighted by molar-refractivity contribution is 5.48. The Morgan fingerprint density at radius 3 is 3.05 bits per heavy atom. The largest absolute Gasteiger partial charge is 0.374 e. The monoisotopic (exact) mass is 256 g/mol. The van der Waals surface area contributed by atoms with Crippen molar-refractivity contribution >= 4 is 5.69 Å². The SMILES string of the molecule is Cc1ccc(NC2CCCc3cccnc32)c(F)c1. The van der Waals surface area contributed by atoms with Gasteiger partial charge in [-0.15, -0.1) is 0 Å². The first kappa shape index (κ1) is 12.2. The Balaban J connectivity index is 1.88. The minimum absolute atomic E-state index is 0.113. The average Bonchev–Trinajstić information content (AvgIpc) is 2.42. The molecule has 1 aromatic heterocycles. The number of hydrogen-bond acceptors (Lipinski definition) is 2. The van der Waals surface area contributed by atoms with Gasteiger partial charge in [-0.05, 0) is 55.5 Å². The zero-order valence-electron chi connectivity index (χ0n) is 11.0. The van der Waals surface area contributed by atoms with Crippen molar-refractivity contribution in [1.82, 2.24) is 4.98 Å². The second-order valence-electron chi connectivity index (χ2n) is 5.12. The number of pyridine rings is 1. The van der Waals surface area contributed by atoms with Gasteiger partial charge in [0.15, 0.2) is 0 Å². The number of nitrogens with one attached hydrogen (secondary N) is 1. The molecule has 3 heteroatoms. The van der Waals surface area contributed by atoms with Crippen LogP contribution in [0.25, 0.3) is 0 Å². The highest BCUT2D eigenvalue weighted by atomic mass is 19.1. The summed E-state index contributed by atoms with van der Waals surface area (Å²) in [5.74, 6) is -0.192. The molecule has 1 aliphatic rings. The van der Waals surface area contributed by atoms with Crippen molar-refractivity contribution in [3.05, 3.63) is 59.2 Å². The summed E-state index contributed by atoms with van der Waals surface area (Å²) in [5, 5.41) is 3.30. The third-order valence-electron chi connectivity index (χ3n) is 3.65. The number of anilines is 1. The summed E-state index contributed by atoms with van der Waals surface area (Å²) < 4.78 is 13.9. The molecule has 0 aliphatic heterocycles. The van der Waals surface area contributed by atoms with E-state index < -0.39 is 0 Å². The third kappa shape index (κ3) is 2.46. The standard InChI is InChI=1S/C16H17FN2/c1-11-7-8-14(13(17)10-11)19-15-6-2-4-12-5-3-9-18-16(12)15/h3,5,7-10,15,19H,2,4,6H2,1H3. The number of rotatable bonds is 2. The van der Waals surface area contributed by atoms with Crippen molar-refractivity contribution in [3.8, 4) is 0 Å². The van der Waals surface area contributed by atoms with Crippen LogP contribution in [0.3, 0.4) is 0 Å². The molecule has 1 unspecified atom stereocenters. The van der Waals surface area contributed by atoms with Gasteiger partial charge in [0.2, 0.25) is 0 Å². The van der Waals surface area contributed by atoms with E-state index >= 15 is 0 Å². The van der Waals surface area contributed by atoms with Crippen LogP contribution in [-0.2, 0) is 6.42 Å². The topological polar surface area (TPSA) is 24.9 Å². The summed E-state index contributed by atoms with van der Waals surface area (Å²) in [7, 11) is 0. The number of nitrogens with zero attached hydrogens (tertiary/aromatic N) is 1. The molecular formula is C16H17FN2. The molecule has 3 rings (SSSR count). The molecule has 1 aliphatic carbocycles. The fourth-order valence-electron chi connectivity index (χ4n) is 2.67. The van der Waals surface area contributed by atoms with Gasteiger partial charge in [0.25, 0.3) is 0 Å². The van der Waals surface area contributed by atoms with Crippen LogP contribution < -0.4 is 5.32 Å². The number of halogens is 1. The summed E-state index contributed by atoms with van der Waals surface area (Å²) >= 11 is 0. The number of aryl methyl sites for hydroxylation is 2. The Morgan fingerprint density at radius 1 is 1.32 bits per heavy atom. The third-order valence-corrected chi connectivity index (χ3v) is 3.65. The van der Waals surface area contributed by atoms with Crippen molar-refractivity contribution in [3.63, 3.8) is 0 Å². The van der Waals surface area contributed by atoms with E-state index in [9.17, 15) is 4.39 Å². The molecular weight excluding hydrogens is 239 g/mol. The average molecular weight is 256 g/mol. The number of hydrogen-bond donors (Lipinski definition) is 1. The predicted octanol–water partition coefficient (Wildman–Crippen LogP) is 4.02. The lowest BCUT2D eigenvalue weighted by Crippen LogP contribution is -2.19. The Kier molecular flexibility index (Phi) is 3.20. The molecule has 1 aromatic carbocycles. The minimum Gasteiger partial charge on any atom is -0.374 e. The Hall–Kier alpha value is -1.90. The second-order valence-corrected chi connectivity index (χ2v) is 5.12. The van der Waals surface area contributed by atoms with Crippen LogP contribution in [-0.4, -0.2) is 4.98 Å². The van der Waals surface area contributed by atoms with Crippen LogP contribution in [0.4, 0.5) is 10.1 Å². The van der Waals surface area contributed by atoms with E-state index in [1.807, 2.05) is 31.3 Å². The predicted molar refractivity (Wildman–Crippen MR) is 74.7 cm³/mol. The van der Waals surface area contributed by atoms with Gasteiger partial charge in [-0.2, -0.15) is 0 Å². The molecule has 0 saturated heterocycles. The normalized spacial score (nSPS) is 17.9. The molecule has 0 amide bonds. The lowest BCUT2D eigenvalue weighted by molar-refractivity contribution is 0.573. The van der Waals surface area contributed by atoms with E-state index in [0.717, 1.165) is 30.5 Å². The molecule has 2 aromatic rings. The molecule has 0 radical (unpaired) electrons. The second kappa shape index (κ2) is 5.00. The summed E-state index contributed by atoms with van der Waals surface area (Å²) in [5.41, 5.74) is 3.84. The number of aromatic nitrogens is 1. The van der Waals surface area contributed by atoms with E-state index in [0.29, 0.717) is 5.69 Å². The maximum Gasteiger partial charge on any atom is 0.146 e. The van der Waals surface area contributed by atoms with Crippen LogP contribution in [0.5, 0.6) is 0 Å². The Labute approximate surface area is 112 Å². The molecule has 98 valence electrons. The zero-order valence-corrected chi connectivity index (χ0v) is 11.0. The first-order valence-electron chi connectivity index (χ1n) is 6.70. The molecule has 0 bridgehead atoms. The molecule has 1 heterocycles. The quantitative estimate of drug-likeness (QED) is 0.877. The van der Waals surface area contributed by atoms with Crippen LogP contribution in [0.2, 0.25) is 0 Å². The van der Waals surface area contributed by atoms with E-state index in [1.54, 1.807) is 6.07 Å². The van der Waals surface area contributed by atoms with Crippen LogP contribution in [0.15, 0.2) is 36.5 Å². The summed E-state index contributed by atoms with van der Waals surface area (Å²) in [4.78, 5) is 4.46. The Bertz CT molecular complexity index is 595. The van der Waals surface area contributed by atoms with Gasteiger partial charge in [-0.3, -0.25) is 4.98 Å². The van der Waals surface area contributed by atoms with Gasteiger partial charge in [0, 0.05) is 6.20 Å². The molecule has 1 N–H and O–H groups in total. The first-order chi connectivity index (χ1) is 9.24. The van der Waals surface area contributed by atoms with Crippen LogP contribution in [0, 0.1) is 12.7 Å². The lowest BCUT2D eigenvalue weighted by Gasteiger charge is -2.26. The van der Waals surface area contributed by atoms with E-state index in [4.69, 9.17) is 0 Å². The van der Waals surface area contributed by atoms with Crippen molar-refractivity contribution < 1.29 is 4.39 Å². The maximum absolute atomic E-state index is 13.9. The molecule has 19 heavy (non-hydrogen) atoms. The van der Waals surface area contributed by atoms with Crippen molar-refractivity contribution in [1.29, 1.82) is 0 Å². The number of fused-ring (bicyclic) bond motifs is 1. The molecule has 0 spiro atoms. The molecule has 0 fully saturated rings. The minimum atomic E-state index is -0.192. The maximum atomic E-state index is 13.9. The molecule has 2 nitrogen and oxygen atoms in total. The Morgan fingerprint density at radius 2 is 2.21 bits per heavy atom. The van der Waals surface area contributed by atoms with Crippen LogP contribution in [0.1, 0.15) is 35.7 Å². The highest BCUT2D eigenvalue weighted by Crippen LogP contribution is 2.31. The van der Waals surface area contributed by atoms with Crippen molar-refractivity contribution in [2.24, 2.45) is 0 Å². The summed E-state index contributed by atoms with van der Waals surface area (Å²) in [6.07, 6.45) is 4.99. The van der Waals surface area contributed by atoms with Gasteiger partial charge in [0.1, 0.15) is 5.82 Å².